The molecule has 0 aliphatic carbocycles. The molecule has 5 aliphatic rings. The number of halogens is 3. The maximum atomic E-state index is 12.1. The monoisotopic (exact) mass is 1540 g/mol. The number of aliphatic hydroxyl groups is 2. The molecule has 0 saturated carbocycles. The molecule has 4 aromatic rings. The number of carbonyl (C=O) groups is 5. The average molecular weight is 1540 g/mol. The Morgan fingerprint density at radius 3 is 1.19 bits per heavy atom. The van der Waals surface area contributed by atoms with Gasteiger partial charge < -0.3 is 74.0 Å². The summed E-state index contributed by atoms with van der Waals surface area (Å²) in [6, 6.07) is 25.1. The zero-order chi connectivity index (χ0) is 75.5. The topological polar surface area (TPSA) is 328 Å². The standard InChI is InChI=1S/C16H22N2O5.C16H24N2O3.C11H14ClNO.C10H19NO3.C9H15NO3.C6H4FNO2.CH3I.CH4O.CH4/c1-15(2,3)23-14(19)17-10-9-16(4,11-17)22-13-7-5-12(6-8-13)18(20)21;1-15(2,3)21-14(19)18-10-9-16(4,11-18)20-13-7-5-12(17)6-8-13;1-11(6-7-13-8-11)14-10-4-2-9(12)3-5-10;1-9(2,3)14-8(12)11-6-5-10(4,13)7-11;1-9(2,3)13-8(12)10-5-4-7(11)6-10;7-5-1-3-6(4-2-5)8(9)10;2*1-2;/h5-8H,9-11H2,1-4H3;5-8H,9-11,17H2,1-4H3;2-5,13H,6-8H2,1H3;13H,5-7H2,1-4H3;4-6H2,1-3H3;1-4H;1H3;2H,1H3;1H4. The van der Waals surface area contributed by atoms with E-state index < -0.39 is 61.0 Å². The van der Waals surface area contributed by atoms with E-state index in [9.17, 15) is 53.7 Å². The fourth-order valence-corrected chi connectivity index (χ4v) is 9.64. The molecule has 0 spiro atoms. The van der Waals surface area contributed by atoms with Gasteiger partial charge in [-0.05, 0) is 201 Å². The molecule has 4 amide bonds. The van der Waals surface area contributed by atoms with Gasteiger partial charge in [0.05, 0.1) is 41.6 Å². The lowest BCUT2D eigenvalue weighted by molar-refractivity contribution is -0.385. The van der Waals surface area contributed by atoms with Gasteiger partial charge in [0.1, 0.15) is 62.3 Å². The summed E-state index contributed by atoms with van der Waals surface area (Å²) < 4.78 is 51.0. The molecule has 0 radical (unpaired) electrons. The third-order valence-corrected chi connectivity index (χ3v) is 14.4. The Kier molecular flexibility index (Phi) is 36.4. The largest absolute Gasteiger partial charge is 0.486 e. The van der Waals surface area contributed by atoms with Gasteiger partial charge in [0, 0.05) is 100 Å². The molecule has 26 nitrogen and oxygen atoms in total. The summed E-state index contributed by atoms with van der Waals surface area (Å²) in [5.74, 6) is 1.83. The molecule has 562 valence electrons. The normalized spacial score (nSPS) is 20.5. The minimum absolute atomic E-state index is 0. The summed E-state index contributed by atoms with van der Waals surface area (Å²) in [6.45, 7) is 35.5. The Morgan fingerprint density at radius 1 is 0.540 bits per heavy atom. The molecular weight excluding hydrogens is 1430 g/mol. The number of Topliss-reactive ketones (excluding diaryl/α,β-unsaturated/α-hetero) is 1. The van der Waals surface area contributed by atoms with Gasteiger partial charge in [-0.2, -0.15) is 0 Å². The lowest BCUT2D eigenvalue weighted by Crippen LogP contribution is -2.40. The third-order valence-electron chi connectivity index (χ3n) is 14.2. The van der Waals surface area contributed by atoms with E-state index >= 15 is 0 Å². The number of ether oxygens (including phenoxy) is 7. The number of nitro benzene ring substituents is 2. The maximum absolute atomic E-state index is 12.1. The van der Waals surface area contributed by atoms with E-state index in [1.165, 1.54) is 17.0 Å². The summed E-state index contributed by atoms with van der Waals surface area (Å²) in [5.41, 5.74) is 2.58. The number of nitrogens with one attached hydrogen (secondary N) is 1. The number of hydrogen-bond acceptors (Lipinski definition) is 20. The number of β-amino-alcohol motifs (C(OH)–C–C–N with tert-alkyl or cyclic N) is 1. The van der Waals surface area contributed by atoms with Gasteiger partial charge in [0.2, 0.25) is 0 Å². The molecule has 29 heteroatoms. The van der Waals surface area contributed by atoms with Crippen molar-refractivity contribution < 1.29 is 81.6 Å². The number of nitrogens with two attached hydrogens (primary N) is 1. The number of hydrogen-bond donors (Lipinski definition) is 4. The number of nitro groups is 2. The van der Waals surface area contributed by atoms with E-state index in [0.29, 0.717) is 76.5 Å². The molecule has 9 rings (SSSR count). The van der Waals surface area contributed by atoms with E-state index in [4.69, 9.17) is 55.6 Å². The second-order valence-corrected chi connectivity index (χ2v) is 29.2. The quantitative estimate of drug-likeness (QED) is 0.0318. The molecule has 5 fully saturated rings. The van der Waals surface area contributed by atoms with E-state index in [2.05, 4.69) is 34.8 Å². The minimum Gasteiger partial charge on any atom is -0.486 e. The number of rotatable bonds is 8. The van der Waals surface area contributed by atoms with Crippen LogP contribution in [0.15, 0.2) is 97.1 Å². The lowest BCUT2D eigenvalue weighted by atomic mass is 10.1. The SMILES string of the molecule is C.CC(C)(C)OC(=O)N1CCC(=O)C1.CC(C)(C)OC(=O)N1CCC(C)(Oc2ccc(N)cc2)C1.CC(C)(C)OC(=O)N1CCC(C)(Oc2ccc([N+](=O)[O-])cc2)C1.CC1(O)CCN(C(=O)OC(C)(C)C)C1.CC1(Oc2ccc(Cl)cc2)CCNC1.CI.CO.O=[N+]([O-])c1ccc(F)cc1. The first-order valence-corrected chi connectivity index (χ1v) is 34.8. The van der Waals surface area contributed by atoms with Crippen molar-refractivity contribution in [1.82, 2.24) is 24.9 Å². The van der Waals surface area contributed by atoms with Gasteiger partial charge in [-0.15, -0.1) is 0 Å². The van der Waals surface area contributed by atoms with Crippen molar-refractivity contribution in [2.45, 2.75) is 195 Å². The van der Waals surface area contributed by atoms with Crippen LogP contribution in [-0.4, -0.2) is 192 Å². The summed E-state index contributed by atoms with van der Waals surface area (Å²) >= 11 is 7.95. The first kappa shape index (κ1) is 90.5. The molecule has 5 aliphatic heterocycles. The Morgan fingerprint density at radius 2 is 0.870 bits per heavy atom. The summed E-state index contributed by atoms with van der Waals surface area (Å²) in [5, 5.41) is 41.4. The van der Waals surface area contributed by atoms with E-state index in [1.54, 1.807) is 45.9 Å². The highest BCUT2D eigenvalue weighted by atomic mass is 127. The number of ketones is 1. The number of non-ortho nitro benzene ring substituents is 2. The Balaban J connectivity index is 0.000000604. The lowest BCUT2D eigenvalue weighted by Gasteiger charge is -2.28. The van der Waals surface area contributed by atoms with E-state index in [-0.39, 0.29) is 55.0 Å². The number of nitrogen functional groups attached to an aromatic ring is 1. The average Bonchev–Trinajstić information content (AvgIpc) is 1.67. The highest BCUT2D eigenvalue weighted by Gasteiger charge is 2.42. The third kappa shape index (κ3) is 35.7. The summed E-state index contributed by atoms with van der Waals surface area (Å²) in [4.78, 5) is 85.8. The highest BCUT2D eigenvalue weighted by molar-refractivity contribution is 14.1. The van der Waals surface area contributed by atoms with Crippen molar-refractivity contribution in [3.63, 3.8) is 0 Å². The smallest absolute Gasteiger partial charge is 0.410 e. The number of likely N-dealkylation sites (tertiary alicyclic amines) is 4. The zero-order valence-corrected chi connectivity index (χ0v) is 63.6. The van der Waals surface area contributed by atoms with Crippen LogP contribution >= 0.6 is 34.2 Å². The fraction of sp³-hybridized carbons (Fsp3) is 0.592. The van der Waals surface area contributed by atoms with E-state index in [1.807, 2.05) is 138 Å². The first-order valence-electron chi connectivity index (χ1n) is 32.2. The van der Waals surface area contributed by atoms with Crippen LogP contribution in [0, 0.1) is 26.0 Å². The number of nitrogens with zero attached hydrogens (tertiary/aromatic N) is 6. The van der Waals surface area contributed by atoms with Crippen LogP contribution in [0.3, 0.4) is 0 Å². The summed E-state index contributed by atoms with van der Waals surface area (Å²) in [7, 11) is 1.00. The number of amides is 4. The molecule has 5 heterocycles. The van der Waals surface area contributed by atoms with Gasteiger partial charge in [-0.1, -0.05) is 41.6 Å². The number of benzene rings is 4. The minimum atomic E-state index is -0.753. The molecule has 5 N–H and O–H groups in total. The van der Waals surface area contributed by atoms with Crippen molar-refractivity contribution in [3.05, 3.63) is 128 Å². The van der Waals surface area contributed by atoms with Gasteiger partial charge in [0.15, 0.2) is 5.78 Å². The molecule has 5 saturated heterocycles. The molecule has 4 atom stereocenters. The van der Waals surface area contributed by atoms with Crippen molar-refractivity contribution in [2.75, 3.05) is 83.2 Å². The molecule has 100 heavy (non-hydrogen) atoms. The number of anilines is 1. The summed E-state index contributed by atoms with van der Waals surface area (Å²) in [6.07, 6.45) is 2.20. The highest BCUT2D eigenvalue weighted by Crippen LogP contribution is 2.32. The van der Waals surface area contributed by atoms with Crippen molar-refractivity contribution in [1.29, 1.82) is 0 Å². The van der Waals surface area contributed by atoms with Crippen LogP contribution < -0.4 is 25.3 Å². The van der Waals surface area contributed by atoms with Gasteiger partial charge in [-0.25, -0.2) is 23.6 Å². The van der Waals surface area contributed by atoms with Crippen molar-refractivity contribution >= 4 is 81.4 Å². The molecule has 4 unspecified atom stereocenters. The predicted molar refractivity (Wildman–Crippen MR) is 393 cm³/mol. The molecule has 0 aromatic heterocycles. The molecular formula is C71H109ClFIN8O18. The molecule has 4 aromatic carbocycles. The zero-order valence-electron chi connectivity index (χ0n) is 60.7. The predicted octanol–water partition coefficient (Wildman–Crippen LogP) is 14.5. The Labute approximate surface area is 608 Å². The second kappa shape index (κ2) is 40.2. The van der Waals surface area contributed by atoms with Crippen LogP contribution in [0.2, 0.25) is 5.02 Å². The van der Waals surface area contributed by atoms with Crippen LogP contribution in [0.4, 0.5) is 40.6 Å². The first-order chi connectivity index (χ1) is 45.7. The van der Waals surface area contributed by atoms with Crippen molar-refractivity contribution in [2.24, 2.45) is 0 Å². The number of carbonyl (C=O) groups excluding carboxylic acids is 5. The molecule has 0 bridgehead atoms. The van der Waals surface area contributed by atoms with Gasteiger partial charge in [0.25, 0.3) is 11.4 Å². The van der Waals surface area contributed by atoms with Crippen LogP contribution in [0.25, 0.3) is 0 Å². The van der Waals surface area contributed by atoms with Gasteiger partial charge in [-0.3, -0.25) is 25.0 Å². The van der Waals surface area contributed by atoms with Gasteiger partial charge >= 0.3 is 24.4 Å². The fourth-order valence-electron chi connectivity index (χ4n) is 9.51. The number of alkyl halides is 1. The number of aliphatic hydroxyl groups excluding tert-OH is 1. The van der Waals surface area contributed by atoms with Crippen LogP contribution in [-0.2, 0) is 23.7 Å². The van der Waals surface area contributed by atoms with E-state index in [0.717, 1.165) is 73.8 Å². The van der Waals surface area contributed by atoms with Crippen LogP contribution in [0.5, 0.6) is 17.2 Å². The second-order valence-electron chi connectivity index (χ2n) is 28.7. The Hall–Kier alpha value is -7.54. The van der Waals surface area contributed by atoms with Crippen molar-refractivity contribution in [3.8, 4) is 17.2 Å². The maximum Gasteiger partial charge on any atom is 0.410 e. The Bertz CT molecular complexity index is 3190. The van der Waals surface area contributed by atoms with Crippen LogP contribution in [0.1, 0.15) is 150 Å².